The summed E-state index contributed by atoms with van der Waals surface area (Å²) in [7, 11) is 3.83. The van der Waals surface area contributed by atoms with Gasteiger partial charge in [-0.05, 0) is 50.9 Å². The van der Waals surface area contributed by atoms with Gasteiger partial charge in [-0.25, -0.2) is 0 Å². The largest absolute Gasteiger partial charge is 0.497 e. The van der Waals surface area contributed by atoms with E-state index in [0.717, 1.165) is 69.8 Å². The molecule has 2 aliphatic rings. The summed E-state index contributed by atoms with van der Waals surface area (Å²) in [6, 6.07) is 7.91. The molecule has 0 unspecified atom stereocenters. The number of nitrogens with zero attached hydrogens (tertiary/aromatic N) is 3. The number of hydrogen-bond acceptors (Lipinski definition) is 4. The Balaban J connectivity index is 1.60. The Kier molecular flexibility index (Phi) is 6.32. The molecule has 0 spiro atoms. The predicted molar refractivity (Wildman–Crippen MR) is 100 cm³/mol. The number of likely N-dealkylation sites (tertiary alicyclic amines) is 1. The van der Waals surface area contributed by atoms with Gasteiger partial charge in [0, 0.05) is 50.9 Å². The van der Waals surface area contributed by atoms with E-state index in [1.165, 1.54) is 6.42 Å². The minimum atomic E-state index is 0.155. The molecule has 0 radical (unpaired) electrons. The van der Waals surface area contributed by atoms with Crippen molar-refractivity contribution in [1.29, 1.82) is 0 Å². The first-order valence-electron chi connectivity index (χ1n) is 9.53. The lowest BCUT2D eigenvalue weighted by Gasteiger charge is -2.38. The van der Waals surface area contributed by atoms with Crippen LogP contribution in [0.1, 0.15) is 36.0 Å². The Morgan fingerprint density at radius 1 is 1.16 bits per heavy atom. The molecule has 2 heterocycles. The molecule has 2 saturated heterocycles. The van der Waals surface area contributed by atoms with Crippen molar-refractivity contribution in [3.05, 3.63) is 29.8 Å². The van der Waals surface area contributed by atoms with Crippen molar-refractivity contribution in [2.45, 2.75) is 31.7 Å². The second kappa shape index (κ2) is 8.68. The zero-order valence-electron chi connectivity index (χ0n) is 15.6. The van der Waals surface area contributed by atoms with Gasteiger partial charge in [0.2, 0.25) is 0 Å². The highest BCUT2D eigenvalue weighted by Crippen LogP contribution is 2.24. The molecule has 25 heavy (non-hydrogen) atoms. The van der Waals surface area contributed by atoms with Crippen LogP contribution < -0.4 is 4.74 Å². The van der Waals surface area contributed by atoms with Gasteiger partial charge in [0.1, 0.15) is 5.75 Å². The average molecular weight is 345 g/mol. The van der Waals surface area contributed by atoms with E-state index in [0.29, 0.717) is 6.04 Å². The second-order valence-electron chi connectivity index (χ2n) is 7.31. The SMILES string of the molecule is COc1cccc(C(=O)N2CCCC[C@@H]2CCN2CCN(C)CC2)c1. The molecular weight excluding hydrogens is 314 g/mol. The topological polar surface area (TPSA) is 36.0 Å². The molecule has 1 atom stereocenters. The van der Waals surface area contributed by atoms with Crippen LogP contribution in [0.2, 0.25) is 0 Å². The molecule has 2 fully saturated rings. The third kappa shape index (κ3) is 4.73. The Morgan fingerprint density at radius 2 is 1.96 bits per heavy atom. The highest BCUT2D eigenvalue weighted by Gasteiger charge is 2.28. The monoisotopic (exact) mass is 345 g/mol. The van der Waals surface area contributed by atoms with E-state index in [1.807, 2.05) is 24.3 Å². The summed E-state index contributed by atoms with van der Waals surface area (Å²) in [5.41, 5.74) is 0.742. The van der Waals surface area contributed by atoms with E-state index in [-0.39, 0.29) is 5.91 Å². The number of benzene rings is 1. The molecule has 5 nitrogen and oxygen atoms in total. The molecule has 1 aromatic rings. The Morgan fingerprint density at radius 3 is 2.72 bits per heavy atom. The number of carbonyl (C=O) groups excluding carboxylic acids is 1. The number of ether oxygens (including phenoxy) is 1. The van der Waals surface area contributed by atoms with Crippen molar-refractivity contribution in [2.75, 3.05) is 53.4 Å². The number of methoxy groups -OCH3 is 1. The fourth-order valence-corrected chi connectivity index (χ4v) is 3.89. The van der Waals surface area contributed by atoms with Crippen LogP contribution in [0.5, 0.6) is 5.75 Å². The number of rotatable bonds is 5. The Hall–Kier alpha value is -1.59. The number of carbonyl (C=O) groups is 1. The summed E-state index contributed by atoms with van der Waals surface area (Å²) in [6.45, 7) is 6.57. The van der Waals surface area contributed by atoms with E-state index < -0.39 is 0 Å². The maximum atomic E-state index is 13.0. The van der Waals surface area contributed by atoms with Gasteiger partial charge in [0.25, 0.3) is 5.91 Å². The summed E-state index contributed by atoms with van der Waals surface area (Å²) >= 11 is 0. The van der Waals surface area contributed by atoms with Crippen LogP contribution in [0.3, 0.4) is 0 Å². The first-order valence-corrected chi connectivity index (χ1v) is 9.53. The number of piperazine rings is 1. The number of hydrogen-bond donors (Lipinski definition) is 0. The van der Waals surface area contributed by atoms with E-state index in [4.69, 9.17) is 4.74 Å². The van der Waals surface area contributed by atoms with Crippen LogP contribution >= 0.6 is 0 Å². The van der Waals surface area contributed by atoms with Gasteiger partial charge in [0.05, 0.1) is 7.11 Å². The lowest BCUT2D eigenvalue weighted by atomic mass is 9.97. The summed E-state index contributed by atoms with van der Waals surface area (Å²) in [6.07, 6.45) is 4.55. The zero-order chi connectivity index (χ0) is 17.6. The molecule has 5 heteroatoms. The van der Waals surface area contributed by atoms with E-state index in [1.54, 1.807) is 7.11 Å². The molecule has 2 aliphatic heterocycles. The van der Waals surface area contributed by atoms with Crippen LogP contribution in [0.25, 0.3) is 0 Å². The highest BCUT2D eigenvalue weighted by molar-refractivity contribution is 5.94. The molecule has 3 rings (SSSR count). The minimum absolute atomic E-state index is 0.155. The predicted octanol–water partition coefficient (Wildman–Crippen LogP) is 2.33. The van der Waals surface area contributed by atoms with Crippen LogP contribution in [0.4, 0.5) is 0 Å². The molecule has 0 N–H and O–H groups in total. The van der Waals surface area contributed by atoms with Crippen molar-refractivity contribution < 1.29 is 9.53 Å². The normalized spacial score (nSPS) is 22.8. The molecular formula is C20H31N3O2. The third-order valence-corrected chi connectivity index (χ3v) is 5.58. The van der Waals surface area contributed by atoms with Crippen molar-refractivity contribution in [1.82, 2.24) is 14.7 Å². The first kappa shape index (κ1) is 18.2. The van der Waals surface area contributed by atoms with Crippen molar-refractivity contribution in [2.24, 2.45) is 0 Å². The van der Waals surface area contributed by atoms with E-state index in [9.17, 15) is 4.79 Å². The second-order valence-corrected chi connectivity index (χ2v) is 7.31. The van der Waals surface area contributed by atoms with Crippen LogP contribution in [0.15, 0.2) is 24.3 Å². The summed E-state index contributed by atoms with van der Waals surface area (Å²) < 4.78 is 5.27. The van der Waals surface area contributed by atoms with Gasteiger partial charge >= 0.3 is 0 Å². The lowest BCUT2D eigenvalue weighted by Crippen LogP contribution is -2.48. The van der Waals surface area contributed by atoms with Gasteiger partial charge in [-0.1, -0.05) is 6.07 Å². The standard InChI is InChI=1S/C20H31N3O2/c1-21-12-14-22(15-13-21)11-9-18-7-3-4-10-23(18)20(24)17-6-5-8-19(16-17)25-2/h5-6,8,16,18H,3-4,7,9-15H2,1-2H3/t18-/m1/s1. The Labute approximate surface area is 151 Å². The molecule has 0 bridgehead atoms. The minimum Gasteiger partial charge on any atom is -0.497 e. The lowest BCUT2D eigenvalue weighted by molar-refractivity contribution is 0.0569. The van der Waals surface area contributed by atoms with E-state index in [2.05, 4.69) is 21.7 Å². The zero-order valence-corrected chi connectivity index (χ0v) is 15.6. The fraction of sp³-hybridized carbons (Fsp3) is 0.650. The summed E-state index contributed by atoms with van der Waals surface area (Å²) in [5, 5.41) is 0. The molecule has 0 aliphatic carbocycles. The van der Waals surface area contributed by atoms with E-state index >= 15 is 0 Å². The van der Waals surface area contributed by atoms with Crippen molar-refractivity contribution in [3.8, 4) is 5.75 Å². The maximum absolute atomic E-state index is 13.0. The fourth-order valence-electron chi connectivity index (χ4n) is 3.89. The number of likely N-dealkylation sites (N-methyl/N-ethyl adjacent to an activating group) is 1. The number of amides is 1. The first-order chi connectivity index (χ1) is 12.2. The molecule has 1 amide bonds. The summed E-state index contributed by atoms with van der Waals surface area (Å²) in [4.78, 5) is 20.1. The quantitative estimate of drug-likeness (QED) is 0.821. The van der Waals surface area contributed by atoms with Crippen molar-refractivity contribution in [3.63, 3.8) is 0 Å². The van der Waals surface area contributed by atoms with Crippen LogP contribution in [0, 0.1) is 0 Å². The molecule has 0 saturated carbocycles. The van der Waals surface area contributed by atoms with Crippen molar-refractivity contribution >= 4 is 5.91 Å². The molecule has 1 aromatic carbocycles. The highest BCUT2D eigenvalue weighted by atomic mass is 16.5. The van der Waals surface area contributed by atoms with Gasteiger partial charge in [0.15, 0.2) is 0 Å². The third-order valence-electron chi connectivity index (χ3n) is 5.58. The van der Waals surface area contributed by atoms with Gasteiger partial charge < -0.3 is 19.4 Å². The smallest absolute Gasteiger partial charge is 0.254 e. The average Bonchev–Trinajstić information content (AvgIpc) is 2.67. The maximum Gasteiger partial charge on any atom is 0.254 e. The molecule has 138 valence electrons. The van der Waals surface area contributed by atoms with Crippen LogP contribution in [-0.2, 0) is 0 Å². The summed E-state index contributed by atoms with van der Waals surface area (Å²) in [5.74, 6) is 0.902. The van der Waals surface area contributed by atoms with Crippen LogP contribution in [-0.4, -0.2) is 80.1 Å². The van der Waals surface area contributed by atoms with Gasteiger partial charge in [-0.2, -0.15) is 0 Å². The number of piperidine rings is 1. The Bertz CT molecular complexity index is 570. The molecule has 0 aromatic heterocycles. The van der Waals surface area contributed by atoms with Gasteiger partial charge in [-0.3, -0.25) is 4.79 Å². The van der Waals surface area contributed by atoms with Gasteiger partial charge in [-0.15, -0.1) is 0 Å².